The van der Waals surface area contributed by atoms with E-state index in [0.717, 1.165) is 38.6 Å². The predicted molar refractivity (Wildman–Crippen MR) is 147 cm³/mol. The molecule has 6 rings (SSSR count). The zero-order valence-electron chi connectivity index (χ0n) is 22.8. The van der Waals surface area contributed by atoms with E-state index in [1.54, 1.807) is 6.07 Å². The Bertz CT molecular complexity index is 1280. The fourth-order valence-electron chi connectivity index (χ4n) is 6.93. The number of hydrogen-bond donors (Lipinski definition) is 0. The number of carbonyl (C=O) groups excluding carboxylic acids is 1. The summed E-state index contributed by atoms with van der Waals surface area (Å²) in [6, 6.07) is 3.63. The second-order valence-corrected chi connectivity index (χ2v) is 13.3. The Hall–Kier alpha value is -2.27. The molecular formula is C28H36BrF2N5O3. The number of nitrogens with zero attached hydrogens (tertiary/aromatic N) is 5. The number of anilines is 1. The van der Waals surface area contributed by atoms with Crippen LogP contribution in [0.25, 0.3) is 10.9 Å². The molecule has 8 nitrogen and oxygen atoms in total. The van der Waals surface area contributed by atoms with Gasteiger partial charge in [0.15, 0.2) is 5.82 Å². The largest absolute Gasteiger partial charge is 0.461 e. The molecule has 39 heavy (non-hydrogen) atoms. The van der Waals surface area contributed by atoms with Gasteiger partial charge >= 0.3 is 12.1 Å². The van der Waals surface area contributed by atoms with Gasteiger partial charge in [-0.05, 0) is 87.5 Å². The smallest absolute Gasteiger partial charge is 0.410 e. The summed E-state index contributed by atoms with van der Waals surface area (Å²) in [6.45, 7) is 8.40. The minimum absolute atomic E-state index is 0.0343. The number of alkyl halides is 1. The van der Waals surface area contributed by atoms with Crippen LogP contribution < -0.4 is 9.64 Å². The van der Waals surface area contributed by atoms with Crippen LogP contribution in [0.1, 0.15) is 59.3 Å². The topological polar surface area (TPSA) is 71.0 Å². The first-order valence-electron chi connectivity index (χ1n) is 14.0. The third kappa shape index (κ3) is 5.05. The van der Waals surface area contributed by atoms with Crippen LogP contribution in [0, 0.1) is 5.82 Å². The van der Waals surface area contributed by atoms with Gasteiger partial charge in [0, 0.05) is 37.5 Å². The second-order valence-electron chi connectivity index (χ2n) is 12.5. The Labute approximate surface area is 236 Å². The molecule has 11 heteroatoms. The molecule has 2 aromatic rings. The van der Waals surface area contributed by atoms with Crippen LogP contribution in [-0.4, -0.2) is 88.0 Å². The molecule has 1 amide bonds. The number of fused-ring (bicyclic) bond motifs is 4. The highest BCUT2D eigenvalue weighted by Gasteiger charge is 2.49. The normalized spacial score (nSPS) is 29.1. The molecule has 4 fully saturated rings. The molecule has 1 aromatic carbocycles. The number of hydrogen-bond acceptors (Lipinski definition) is 7. The number of ether oxygens (including phenoxy) is 2. The molecule has 2 bridgehead atoms. The molecule has 0 spiro atoms. The summed E-state index contributed by atoms with van der Waals surface area (Å²) < 4.78 is 41.8. The number of benzene rings is 1. The van der Waals surface area contributed by atoms with E-state index < -0.39 is 17.6 Å². The molecule has 0 aliphatic carbocycles. The van der Waals surface area contributed by atoms with Crippen molar-refractivity contribution in [3.05, 3.63) is 22.4 Å². The Balaban J connectivity index is 1.31. The Kier molecular flexibility index (Phi) is 6.89. The average molecular weight is 609 g/mol. The van der Waals surface area contributed by atoms with E-state index in [4.69, 9.17) is 14.5 Å². The molecular weight excluding hydrogens is 572 g/mol. The molecule has 212 valence electrons. The first kappa shape index (κ1) is 26.9. The summed E-state index contributed by atoms with van der Waals surface area (Å²) in [4.78, 5) is 28.6. The van der Waals surface area contributed by atoms with Gasteiger partial charge in [-0.25, -0.2) is 13.6 Å². The van der Waals surface area contributed by atoms with Crippen molar-refractivity contribution in [3.63, 3.8) is 0 Å². The molecule has 0 saturated carbocycles. The molecule has 0 unspecified atom stereocenters. The minimum Gasteiger partial charge on any atom is -0.461 e. The van der Waals surface area contributed by atoms with Crippen molar-refractivity contribution in [1.82, 2.24) is 19.8 Å². The van der Waals surface area contributed by atoms with Gasteiger partial charge in [-0.1, -0.05) is 0 Å². The highest BCUT2D eigenvalue weighted by Crippen LogP contribution is 2.41. The maximum atomic E-state index is 15.3. The van der Waals surface area contributed by atoms with Gasteiger partial charge in [-0.2, -0.15) is 9.97 Å². The van der Waals surface area contributed by atoms with E-state index in [0.29, 0.717) is 41.7 Å². The quantitative estimate of drug-likeness (QED) is 0.457. The molecule has 4 aliphatic heterocycles. The summed E-state index contributed by atoms with van der Waals surface area (Å²) in [5.74, 6) is 0.117. The van der Waals surface area contributed by atoms with E-state index in [2.05, 4.69) is 30.7 Å². The Morgan fingerprint density at radius 1 is 1.15 bits per heavy atom. The van der Waals surface area contributed by atoms with Crippen LogP contribution in [0.2, 0.25) is 0 Å². The van der Waals surface area contributed by atoms with E-state index >= 15 is 4.39 Å². The van der Waals surface area contributed by atoms with Crippen molar-refractivity contribution in [2.24, 2.45) is 0 Å². The van der Waals surface area contributed by atoms with Gasteiger partial charge in [-0.3, -0.25) is 4.90 Å². The van der Waals surface area contributed by atoms with Gasteiger partial charge in [0.05, 0.1) is 16.1 Å². The SMILES string of the molecule is CC(C)(C)OC(=O)N1[C@@H]2CC[C@@H]1CN(c1nc(OC[C@@]34CCCN3C[C@H](F)C4)nc3c(F)c(Br)ccc13)CC2. The lowest BCUT2D eigenvalue weighted by Crippen LogP contribution is -2.45. The van der Waals surface area contributed by atoms with Crippen LogP contribution in [0.4, 0.5) is 19.4 Å². The second kappa shape index (κ2) is 9.98. The fraction of sp³-hybridized carbons (Fsp3) is 0.679. The fourth-order valence-corrected chi connectivity index (χ4v) is 7.25. The highest BCUT2D eigenvalue weighted by atomic mass is 79.9. The summed E-state index contributed by atoms with van der Waals surface area (Å²) >= 11 is 3.29. The molecule has 4 saturated heterocycles. The maximum absolute atomic E-state index is 15.3. The average Bonchev–Trinajstić information content (AvgIpc) is 3.47. The van der Waals surface area contributed by atoms with Crippen molar-refractivity contribution in [2.45, 2.75) is 88.7 Å². The molecule has 1 aromatic heterocycles. The number of halogens is 3. The van der Waals surface area contributed by atoms with Crippen molar-refractivity contribution in [3.8, 4) is 6.01 Å². The molecule has 5 heterocycles. The summed E-state index contributed by atoms with van der Waals surface area (Å²) in [6.07, 6.45) is 3.72. The van der Waals surface area contributed by atoms with Crippen LogP contribution >= 0.6 is 15.9 Å². The summed E-state index contributed by atoms with van der Waals surface area (Å²) in [5, 5.41) is 0.593. The molecule has 0 radical (unpaired) electrons. The van der Waals surface area contributed by atoms with Gasteiger partial charge in [0.2, 0.25) is 0 Å². The molecule has 4 atom stereocenters. The van der Waals surface area contributed by atoms with Crippen LogP contribution in [0.5, 0.6) is 6.01 Å². The van der Waals surface area contributed by atoms with Gasteiger partial charge in [-0.15, -0.1) is 0 Å². The molecule has 0 N–H and O–H groups in total. The van der Waals surface area contributed by atoms with Gasteiger partial charge < -0.3 is 19.3 Å². The Morgan fingerprint density at radius 3 is 2.74 bits per heavy atom. The van der Waals surface area contributed by atoms with E-state index in [9.17, 15) is 9.18 Å². The van der Waals surface area contributed by atoms with Gasteiger partial charge in [0.1, 0.15) is 29.7 Å². The third-order valence-electron chi connectivity index (χ3n) is 8.64. The van der Waals surface area contributed by atoms with E-state index in [1.165, 1.54) is 0 Å². The summed E-state index contributed by atoms with van der Waals surface area (Å²) in [7, 11) is 0. The third-order valence-corrected chi connectivity index (χ3v) is 9.25. The zero-order valence-corrected chi connectivity index (χ0v) is 24.3. The lowest BCUT2D eigenvalue weighted by Gasteiger charge is -2.32. The standard InChI is InChI=1S/C28H36BrF2N5O3/c1-27(2,3)39-26(37)36-18-5-6-19(36)15-34(12-9-18)24-20-7-8-21(29)22(31)23(20)32-25(33-24)38-16-28-10-4-11-35(28)14-17(30)13-28/h7-8,17-19H,4-6,9-16H2,1-3H3/t17-,18-,19-,28+/m1/s1. The highest BCUT2D eigenvalue weighted by molar-refractivity contribution is 9.10. The Morgan fingerprint density at radius 2 is 1.95 bits per heavy atom. The van der Waals surface area contributed by atoms with Crippen LogP contribution in [0.3, 0.4) is 0 Å². The first-order valence-corrected chi connectivity index (χ1v) is 14.8. The van der Waals surface area contributed by atoms with Crippen molar-refractivity contribution >= 4 is 38.7 Å². The predicted octanol–water partition coefficient (Wildman–Crippen LogP) is 5.46. The number of amides is 1. The van der Waals surface area contributed by atoms with E-state index in [-0.39, 0.29) is 41.8 Å². The summed E-state index contributed by atoms with van der Waals surface area (Å²) in [5.41, 5.74) is -0.750. The van der Waals surface area contributed by atoms with E-state index in [1.807, 2.05) is 31.7 Å². The monoisotopic (exact) mass is 607 g/mol. The number of rotatable bonds is 4. The lowest BCUT2D eigenvalue weighted by atomic mass is 9.95. The van der Waals surface area contributed by atoms with Gasteiger partial charge in [0.25, 0.3) is 0 Å². The van der Waals surface area contributed by atoms with Crippen LogP contribution in [-0.2, 0) is 4.74 Å². The maximum Gasteiger partial charge on any atom is 0.410 e. The van der Waals surface area contributed by atoms with Crippen molar-refractivity contribution in [1.29, 1.82) is 0 Å². The minimum atomic E-state index is -0.865. The number of carbonyl (C=O) groups is 1. The van der Waals surface area contributed by atoms with Crippen molar-refractivity contribution < 1.29 is 23.0 Å². The first-order chi connectivity index (χ1) is 18.5. The van der Waals surface area contributed by atoms with Crippen LogP contribution in [0.15, 0.2) is 16.6 Å². The van der Waals surface area contributed by atoms with Crippen molar-refractivity contribution in [2.75, 3.05) is 37.7 Å². The molecule has 4 aliphatic rings. The number of aromatic nitrogens is 2. The lowest BCUT2D eigenvalue weighted by molar-refractivity contribution is 0.0163. The zero-order chi connectivity index (χ0) is 27.5.